The zero-order chi connectivity index (χ0) is 12.5. The van der Waals surface area contributed by atoms with Gasteiger partial charge in [0.1, 0.15) is 11.4 Å². The number of hydrogen-bond acceptors (Lipinski definition) is 2. The smallest absolute Gasteiger partial charge is 0.379 e. The van der Waals surface area contributed by atoms with Gasteiger partial charge in [-0.1, -0.05) is 0 Å². The van der Waals surface area contributed by atoms with Gasteiger partial charge in [0.2, 0.25) is 0 Å². The summed E-state index contributed by atoms with van der Waals surface area (Å²) >= 11 is 0. The molecule has 16 heavy (non-hydrogen) atoms. The van der Waals surface area contributed by atoms with Gasteiger partial charge in [0.25, 0.3) is 0 Å². The Kier molecular flexibility index (Phi) is 3.06. The standard InChI is InChI=1S/C9H6F4O3/c1-16-7-5(11)3-2-4(10)6(7)9(12,13)8(14)15/h2-3H,1H3,(H,14,15). The van der Waals surface area contributed by atoms with Gasteiger partial charge in [0.15, 0.2) is 11.6 Å². The summed E-state index contributed by atoms with van der Waals surface area (Å²) < 4.78 is 56.5. The maximum atomic E-state index is 13.1. The molecule has 0 spiro atoms. The van der Waals surface area contributed by atoms with E-state index in [4.69, 9.17) is 5.11 Å². The van der Waals surface area contributed by atoms with Crippen LogP contribution >= 0.6 is 0 Å². The van der Waals surface area contributed by atoms with E-state index >= 15 is 0 Å². The third-order valence-corrected chi connectivity index (χ3v) is 1.85. The van der Waals surface area contributed by atoms with Crippen LogP contribution in [0.25, 0.3) is 0 Å². The number of methoxy groups -OCH3 is 1. The number of carboxylic acid groups (broad SMARTS) is 1. The largest absolute Gasteiger partial charge is 0.493 e. The molecule has 0 saturated heterocycles. The second kappa shape index (κ2) is 3.99. The maximum absolute atomic E-state index is 13.1. The molecule has 0 amide bonds. The number of halogens is 4. The number of hydrogen-bond donors (Lipinski definition) is 1. The molecule has 0 bridgehead atoms. The molecule has 88 valence electrons. The number of ether oxygens (including phenoxy) is 1. The van der Waals surface area contributed by atoms with Gasteiger partial charge in [0, 0.05) is 0 Å². The lowest BCUT2D eigenvalue weighted by molar-refractivity contribution is -0.167. The molecule has 1 aromatic carbocycles. The second-order valence-electron chi connectivity index (χ2n) is 2.82. The van der Waals surface area contributed by atoms with E-state index in [1.165, 1.54) is 0 Å². The second-order valence-corrected chi connectivity index (χ2v) is 2.82. The predicted octanol–water partition coefficient (Wildman–Crippen LogP) is 2.15. The summed E-state index contributed by atoms with van der Waals surface area (Å²) in [5.41, 5.74) is -1.62. The molecule has 0 fully saturated rings. The van der Waals surface area contributed by atoms with E-state index in [0.29, 0.717) is 12.1 Å². The molecule has 1 aromatic rings. The molecule has 0 aliphatic rings. The van der Waals surface area contributed by atoms with Crippen LogP contribution in [0.15, 0.2) is 12.1 Å². The first-order chi connectivity index (χ1) is 7.32. The van der Waals surface area contributed by atoms with Gasteiger partial charge in [-0.3, -0.25) is 0 Å². The topological polar surface area (TPSA) is 46.5 Å². The van der Waals surface area contributed by atoms with Crippen LogP contribution in [0.2, 0.25) is 0 Å². The molecule has 7 heteroatoms. The van der Waals surface area contributed by atoms with Crippen molar-refractivity contribution in [3.8, 4) is 5.75 Å². The van der Waals surface area contributed by atoms with Crippen molar-refractivity contribution in [3.05, 3.63) is 29.3 Å². The molecule has 0 saturated carbocycles. The molecule has 0 heterocycles. The monoisotopic (exact) mass is 238 g/mol. The Morgan fingerprint density at radius 3 is 2.25 bits per heavy atom. The van der Waals surface area contributed by atoms with Gasteiger partial charge in [-0.05, 0) is 12.1 Å². The van der Waals surface area contributed by atoms with E-state index < -0.39 is 34.8 Å². The number of alkyl halides is 2. The molecule has 0 unspecified atom stereocenters. The fourth-order valence-electron chi connectivity index (χ4n) is 1.13. The van der Waals surface area contributed by atoms with Gasteiger partial charge in [-0.2, -0.15) is 8.78 Å². The van der Waals surface area contributed by atoms with Crippen LogP contribution in [0.5, 0.6) is 5.75 Å². The summed E-state index contributed by atoms with van der Waals surface area (Å²) in [4.78, 5) is 10.3. The third-order valence-electron chi connectivity index (χ3n) is 1.85. The fourth-order valence-corrected chi connectivity index (χ4v) is 1.13. The average molecular weight is 238 g/mol. The minimum absolute atomic E-state index is 0.407. The first kappa shape index (κ1) is 12.3. The molecule has 0 aliphatic heterocycles. The number of benzene rings is 1. The number of carbonyl (C=O) groups is 1. The Labute approximate surface area is 87.3 Å². The molecule has 0 atom stereocenters. The van der Waals surface area contributed by atoms with Crippen molar-refractivity contribution < 1.29 is 32.2 Å². The van der Waals surface area contributed by atoms with Crippen molar-refractivity contribution in [2.24, 2.45) is 0 Å². The van der Waals surface area contributed by atoms with E-state index in [2.05, 4.69) is 4.74 Å². The van der Waals surface area contributed by atoms with Crippen molar-refractivity contribution in [1.29, 1.82) is 0 Å². The summed E-state index contributed by atoms with van der Waals surface area (Å²) in [6, 6.07) is 0.972. The van der Waals surface area contributed by atoms with E-state index in [1.807, 2.05) is 0 Å². The van der Waals surface area contributed by atoms with Crippen molar-refractivity contribution >= 4 is 5.97 Å². The normalized spacial score (nSPS) is 11.3. The average Bonchev–Trinajstić information content (AvgIpc) is 2.20. The summed E-state index contributed by atoms with van der Waals surface area (Å²) in [6.45, 7) is 0. The maximum Gasteiger partial charge on any atom is 0.379 e. The number of carboxylic acids is 1. The highest BCUT2D eigenvalue weighted by Gasteiger charge is 2.46. The van der Waals surface area contributed by atoms with Gasteiger partial charge in [-0.15, -0.1) is 0 Å². The number of rotatable bonds is 3. The highest BCUT2D eigenvalue weighted by Crippen LogP contribution is 2.38. The number of aliphatic carboxylic acids is 1. The quantitative estimate of drug-likeness (QED) is 0.820. The van der Waals surface area contributed by atoms with Crippen LogP contribution < -0.4 is 4.74 Å². The summed E-state index contributed by atoms with van der Waals surface area (Å²) in [6.07, 6.45) is 0. The van der Waals surface area contributed by atoms with Crippen molar-refractivity contribution in [2.75, 3.05) is 7.11 Å². The zero-order valence-corrected chi connectivity index (χ0v) is 7.93. The Bertz CT molecular complexity index is 431. The molecule has 0 aliphatic carbocycles. The fraction of sp³-hybridized carbons (Fsp3) is 0.222. The van der Waals surface area contributed by atoms with Crippen molar-refractivity contribution in [1.82, 2.24) is 0 Å². The van der Waals surface area contributed by atoms with Crippen molar-refractivity contribution in [2.45, 2.75) is 5.92 Å². The molecule has 0 radical (unpaired) electrons. The van der Waals surface area contributed by atoms with Gasteiger partial charge < -0.3 is 9.84 Å². The summed E-state index contributed by atoms with van der Waals surface area (Å²) in [5, 5.41) is 8.24. The molecule has 3 nitrogen and oxygen atoms in total. The first-order valence-electron chi connectivity index (χ1n) is 3.96. The SMILES string of the molecule is COc1c(F)ccc(F)c1C(F)(F)C(=O)O. The van der Waals surface area contributed by atoms with Crippen LogP contribution in [0.3, 0.4) is 0 Å². The Hall–Kier alpha value is -1.79. The Morgan fingerprint density at radius 1 is 1.31 bits per heavy atom. The Morgan fingerprint density at radius 2 is 1.81 bits per heavy atom. The Balaban J connectivity index is 3.54. The third kappa shape index (κ3) is 1.80. The zero-order valence-electron chi connectivity index (χ0n) is 7.93. The lowest BCUT2D eigenvalue weighted by Crippen LogP contribution is -2.27. The van der Waals surface area contributed by atoms with Crippen LogP contribution in [0.4, 0.5) is 17.6 Å². The van der Waals surface area contributed by atoms with Gasteiger partial charge in [0.05, 0.1) is 7.11 Å². The van der Waals surface area contributed by atoms with Gasteiger partial charge >= 0.3 is 11.9 Å². The van der Waals surface area contributed by atoms with Gasteiger partial charge in [-0.25, -0.2) is 13.6 Å². The van der Waals surface area contributed by atoms with E-state index in [-0.39, 0.29) is 0 Å². The first-order valence-corrected chi connectivity index (χ1v) is 3.96. The van der Waals surface area contributed by atoms with Crippen LogP contribution in [-0.2, 0) is 10.7 Å². The summed E-state index contributed by atoms with van der Waals surface area (Å²) in [7, 11) is 0.833. The van der Waals surface area contributed by atoms with Crippen LogP contribution in [-0.4, -0.2) is 18.2 Å². The van der Waals surface area contributed by atoms with Crippen LogP contribution in [0.1, 0.15) is 5.56 Å². The highest BCUT2D eigenvalue weighted by atomic mass is 19.3. The lowest BCUT2D eigenvalue weighted by atomic mass is 10.1. The van der Waals surface area contributed by atoms with E-state index in [1.54, 1.807) is 0 Å². The molecular weight excluding hydrogens is 232 g/mol. The minimum Gasteiger partial charge on any atom is -0.493 e. The highest BCUT2D eigenvalue weighted by molar-refractivity contribution is 5.78. The molecular formula is C9H6F4O3. The molecule has 1 N–H and O–H groups in total. The van der Waals surface area contributed by atoms with Crippen LogP contribution in [0, 0.1) is 11.6 Å². The minimum atomic E-state index is -4.56. The van der Waals surface area contributed by atoms with E-state index in [9.17, 15) is 22.4 Å². The molecule has 1 rings (SSSR count). The summed E-state index contributed by atoms with van der Waals surface area (Å²) in [5.74, 6) is -11.1. The van der Waals surface area contributed by atoms with Crippen molar-refractivity contribution in [3.63, 3.8) is 0 Å². The lowest BCUT2D eigenvalue weighted by Gasteiger charge is -2.16. The van der Waals surface area contributed by atoms with E-state index in [0.717, 1.165) is 7.11 Å². The molecule has 0 aromatic heterocycles. The predicted molar refractivity (Wildman–Crippen MR) is 44.4 cm³/mol.